The molecular weight excluding hydrogens is 306 g/mol. The quantitative estimate of drug-likeness (QED) is 0.854. The van der Waals surface area contributed by atoms with E-state index in [2.05, 4.69) is 10.1 Å². The Kier molecular flexibility index (Phi) is 5.58. The molecule has 0 saturated carbocycles. The number of methoxy groups -OCH3 is 1. The topological polar surface area (TPSA) is 64.6 Å². The third kappa shape index (κ3) is 4.35. The summed E-state index contributed by atoms with van der Waals surface area (Å²) in [6.45, 7) is 5.62. The summed E-state index contributed by atoms with van der Waals surface area (Å²) < 4.78 is 10.4. The highest BCUT2D eigenvalue weighted by molar-refractivity contribution is 5.96. The molecule has 0 aliphatic rings. The molecule has 1 N–H and O–H groups in total. The number of anilines is 1. The second-order valence-corrected chi connectivity index (χ2v) is 5.59. The number of carbonyl (C=O) groups excluding carboxylic acids is 2. The Morgan fingerprint density at radius 3 is 2.50 bits per heavy atom. The average molecular weight is 327 g/mol. The van der Waals surface area contributed by atoms with Crippen molar-refractivity contribution in [3.05, 3.63) is 59.2 Å². The molecule has 0 fully saturated rings. The van der Waals surface area contributed by atoms with Crippen LogP contribution in [0.1, 0.15) is 28.4 Å². The molecule has 1 atom stereocenters. The van der Waals surface area contributed by atoms with Crippen molar-refractivity contribution in [2.45, 2.75) is 26.9 Å². The molecule has 24 heavy (non-hydrogen) atoms. The fraction of sp³-hybridized carbons (Fsp3) is 0.263. The van der Waals surface area contributed by atoms with Gasteiger partial charge in [0.15, 0.2) is 6.10 Å². The summed E-state index contributed by atoms with van der Waals surface area (Å²) >= 11 is 0. The first kappa shape index (κ1) is 17.5. The van der Waals surface area contributed by atoms with E-state index in [1.807, 2.05) is 32.0 Å². The van der Waals surface area contributed by atoms with Gasteiger partial charge in [0, 0.05) is 5.69 Å². The number of aryl methyl sites for hydroxylation is 2. The van der Waals surface area contributed by atoms with Crippen molar-refractivity contribution in [1.82, 2.24) is 0 Å². The van der Waals surface area contributed by atoms with E-state index in [4.69, 9.17) is 4.74 Å². The molecule has 126 valence electrons. The summed E-state index contributed by atoms with van der Waals surface area (Å²) in [5, 5.41) is 2.74. The Labute approximate surface area is 141 Å². The number of nitrogens with one attached hydrogen (secondary N) is 1. The summed E-state index contributed by atoms with van der Waals surface area (Å²) in [5.41, 5.74) is 3.00. The third-order valence-corrected chi connectivity index (χ3v) is 3.55. The minimum atomic E-state index is -0.673. The number of hydrogen-bond acceptors (Lipinski definition) is 4. The lowest BCUT2D eigenvalue weighted by Crippen LogP contribution is -2.30. The van der Waals surface area contributed by atoms with Crippen LogP contribution in [-0.4, -0.2) is 25.1 Å². The van der Waals surface area contributed by atoms with Crippen LogP contribution in [0.15, 0.2) is 42.5 Å². The summed E-state index contributed by atoms with van der Waals surface area (Å²) in [6.07, 6.45) is -0.673. The fourth-order valence-corrected chi connectivity index (χ4v) is 2.26. The fourth-order valence-electron chi connectivity index (χ4n) is 2.26. The molecule has 5 heteroatoms. The van der Waals surface area contributed by atoms with E-state index in [0.717, 1.165) is 11.1 Å². The zero-order chi connectivity index (χ0) is 17.7. The molecule has 0 radical (unpaired) electrons. The van der Waals surface area contributed by atoms with Crippen molar-refractivity contribution in [3.8, 4) is 5.75 Å². The van der Waals surface area contributed by atoms with Crippen molar-refractivity contribution in [1.29, 1.82) is 0 Å². The van der Waals surface area contributed by atoms with Crippen LogP contribution >= 0.6 is 0 Å². The number of hydrogen-bond donors (Lipinski definition) is 1. The zero-order valence-electron chi connectivity index (χ0n) is 14.3. The summed E-state index contributed by atoms with van der Waals surface area (Å²) in [4.78, 5) is 23.8. The van der Waals surface area contributed by atoms with Gasteiger partial charge in [0.2, 0.25) is 0 Å². The molecule has 0 saturated heterocycles. The third-order valence-electron chi connectivity index (χ3n) is 3.55. The summed E-state index contributed by atoms with van der Waals surface area (Å²) in [5.74, 6) is -0.0748. The first-order valence-electron chi connectivity index (χ1n) is 7.64. The molecular formula is C19H21NO4. The second-order valence-electron chi connectivity index (χ2n) is 5.59. The molecule has 0 bridgehead atoms. The smallest absolute Gasteiger partial charge is 0.337 e. The molecule has 0 aromatic heterocycles. The van der Waals surface area contributed by atoms with Crippen molar-refractivity contribution in [3.63, 3.8) is 0 Å². The van der Waals surface area contributed by atoms with Crippen LogP contribution in [0.2, 0.25) is 0 Å². The van der Waals surface area contributed by atoms with Crippen molar-refractivity contribution in [2.75, 3.05) is 12.4 Å². The van der Waals surface area contributed by atoms with Gasteiger partial charge in [-0.15, -0.1) is 0 Å². The normalized spacial score (nSPS) is 11.5. The number of rotatable bonds is 5. The Balaban J connectivity index is 2.05. The first-order valence-corrected chi connectivity index (χ1v) is 7.64. The molecule has 2 aromatic rings. The number of esters is 1. The van der Waals surface area contributed by atoms with Gasteiger partial charge in [-0.2, -0.15) is 0 Å². The van der Waals surface area contributed by atoms with E-state index in [0.29, 0.717) is 17.0 Å². The van der Waals surface area contributed by atoms with Crippen molar-refractivity contribution >= 4 is 17.6 Å². The van der Waals surface area contributed by atoms with Gasteiger partial charge in [-0.3, -0.25) is 4.79 Å². The highest BCUT2D eigenvalue weighted by Gasteiger charge is 2.16. The zero-order valence-corrected chi connectivity index (χ0v) is 14.3. The maximum absolute atomic E-state index is 12.3. The van der Waals surface area contributed by atoms with E-state index >= 15 is 0 Å². The number of benzene rings is 2. The van der Waals surface area contributed by atoms with E-state index in [-0.39, 0.29) is 5.91 Å². The first-order chi connectivity index (χ1) is 11.4. The number of ether oxygens (including phenoxy) is 2. The second kappa shape index (κ2) is 7.64. The molecule has 0 unspecified atom stereocenters. The molecule has 1 amide bonds. The van der Waals surface area contributed by atoms with Crippen LogP contribution in [0.3, 0.4) is 0 Å². The van der Waals surface area contributed by atoms with Crippen LogP contribution in [0.4, 0.5) is 5.69 Å². The monoisotopic (exact) mass is 327 g/mol. The van der Waals surface area contributed by atoms with Crippen LogP contribution < -0.4 is 10.1 Å². The highest BCUT2D eigenvalue weighted by Crippen LogP contribution is 2.20. The number of carbonyl (C=O) groups is 2. The Bertz CT molecular complexity index is 755. The molecule has 0 aliphatic carbocycles. The molecule has 2 rings (SSSR count). The maximum Gasteiger partial charge on any atom is 0.337 e. The lowest BCUT2D eigenvalue weighted by Gasteiger charge is -2.16. The Hall–Kier alpha value is -2.82. The van der Waals surface area contributed by atoms with E-state index in [1.54, 1.807) is 31.2 Å². The van der Waals surface area contributed by atoms with E-state index in [9.17, 15) is 9.59 Å². The highest BCUT2D eigenvalue weighted by atomic mass is 16.5. The molecule has 5 nitrogen and oxygen atoms in total. The lowest BCUT2D eigenvalue weighted by atomic mass is 10.1. The van der Waals surface area contributed by atoms with E-state index < -0.39 is 12.1 Å². The van der Waals surface area contributed by atoms with Gasteiger partial charge >= 0.3 is 5.97 Å². The van der Waals surface area contributed by atoms with Gasteiger partial charge in [-0.1, -0.05) is 23.8 Å². The van der Waals surface area contributed by atoms with Gasteiger partial charge in [0.25, 0.3) is 5.91 Å². The average Bonchev–Trinajstić information content (AvgIpc) is 2.56. The largest absolute Gasteiger partial charge is 0.481 e. The standard InChI is InChI=1S/C19H21NO4/c1-12-8-9-17(13(2)10-12)24-14(3)18(21)20-16-7-5-6-15(11-16)19(22)23-4/h5-11,14H,1-4H3,(H,20,21)/t14-/m1/s1. The Morgan fingerprint density at radius 1 is 1.08 bits per heavy atom. The number of amides is 1. The minimum absolute atomic E-state index is 0.294. The molecule has 2 aromatic carbocycles. The predicted molar refractivity (Wildman–Crippen MR) is 92.4 cm³/mol. The van der Waals surface area contributed by atoms with Crippen molar-refractivity contribution < 1.29 is 19.1 Å². The molecule has 0 spiro atoms. The predicted octanol–water partition coefficient (Wildman–Crippen LogP) is 3.50. The van der Waals surface area contributed by atoms with Crippen LogP contribution in [0.5, 0.6) is 5.75 Å². The summed E-state index contributed by atoms with van der Waals surface area (Å²) in [7, 11) is 1.31. The van der Waals surface area contributed by atoms with Crippen molar-refractivity contribution in [2.24, 2.45) is 0 Å². The molecule has 0 aliphatic heterocycles. The molecule has 0 heterocycles. The Morgan fingerprint density at radius 2 is 1.83 bits per heavy atom. The van der Waals surface area contributed by atoms with Gasteiger partial charge < -0.3 is 14.8 Å². The minimum Gasteiger partial charge on any atom is -0.481 e. The van der Waals surface area contributed by atoms with E-state index in [1.165, 1.54) is 7.11 Å². The van der Waals surface area contributed by atoms with Crippen LogP contribution in [0.25, 0.3) is 0 Å². The SMILES string of the molecule is COC(=O)c1cccc(NC(=O)[C@@H](C)Oc2ccc(C)cc2C)c1. The van der Waals surface area contributed by atoms with Gasteiger partial charge in [-0.25, -0.2) is 4.79 Å². The van der Waals surface area contributed by atoms with Crippen LogP contribution in [-0.2, 0) is 9.53 Å². The van der Waals surface area contributed by atoms with Crippen LogP contribution in [0, 0.1) is 13.8 Å². The van der Waals surface area contributed by atoms with Gasteiger partial charge in [0.05, 0.1) is 12.7 Å². The lowest BCUT2D eigenvalue weighted by molar-refractivity contribution is -0.122. The van der Waals surface area contributed by atoms with Gasteiger partial charge in [0.1, 0.15) is 5.75 Å². The summed E-state index contributed by atoms with van der Waals surface area (Å²) in [6, 6.07) is 12.4. The maximum atomic E-state index is 12.3. The van der Waals surface area contributed by atoms with Gasteiger partial charge in [-0.05, 0) is 50.6 Å².